The number of sulfonamides is 1. The molecule has 10 nitrogen and oxygen atoms in total. The minimum Gasteiger partial charge on any atom is -0.468 e. The number of nitrogens with one attached hydrogen (secondary N) is 1. The van der Waals surface area contributed by atoms with Gasteiger partial charge in [-0.25, -0.2) is 13.1 Å². The van der Waals surface area contributed by atoms with Crippen molar-refractivity contribution in [3.8, 4) is 0 Å². The molecule has 0 aliphatic carbocycles. The van der Waals surface area contributed by atoms with E-state index in [9.17, 15) is 18.0 Å². The number of nitrogens with zero attached hydrogens (tertiary/aromatic N) is 3. The second kappa shape index (κ2) is 10.7. The van der Waals surface area contributed by atoms with E-state index in [1.54, 1.807) is 34.9 Å². The molecular weight excluding hydrogens is 460 g/mol. The summed E-state index contributed by atoms with van der Waals surface area (Å²) in [5, 5.41) is 0. The molecule has 0 unspecified atom stereocenters. The van der Waals surface area contributed by atoms with E-state index in [4.69, 9.17) is 9.15 Å². The van der Waals surface area contributed by atoms with Crippen molar-refractivity contribution in [3.63, 3.8) is 0 Å². The summed E-state index contributed by atoms with van der Waals surface area (Å²) in [5.74, 6) is 0.315. The summed E-state index contributed by atoms with van der Waals surface area (Å²) in [7, 11) is -3.82. The van der Waals surface area contributed by atoms with E-state index in [0.717, 1.165) is 13.1 Å². The van der Waals surface area contributed by atoms with E-state index in [-0.39, 0.29) is 23.3 Å². The van der Waals surface area contributed by atoms with Gasteiger partial charge in [-0.1, -0.05) is 6.07 Å². The van der Waals surface area contributed by atoms with E-state index in [1.165, 1.54) is 18.4 Å². The number of carbonyl (C=O) groups is 2. The topological polar surface area (TPSA) is 112 Å². The molecule has 0 spiro atoms. The monoisotopic (exact) mass is 490 g/mol. The summed E-state index contributed by atoms with van der Waals surface area (Å²) < 4.78 is 38.5. The number of carbonyl (C=O) groups excluding carboxylic acids is 2. The summed E-state index contributed by atoms with van der Waals surface area (Å²) in [5.41, 5.74) is 1.04. The van der Waals surface area contributed by atoms with Crippen molar-refractivity contribution in [2.45, 2.75) is 18.4 Å². The first kappa shape index (κ1) is 24.4. The van der Waals surface area contributed by atoms with Crippen LogP contribution in [-0.4, -0.2) is 94.0 Å². The normalized spacial score (nSPS) is 17.7. The summed E-state index contributed by atoms with van der Waals surface area (Å²) >= 11 is 0. The number of hydrogen-bond acceptors (Lipinski definition) is 7. The lowest BCUT2D eigenvalue weighted by Crippen LogP contribution is -2.53. The number of ether oxygens (including phenoxy) is 1. The fraction of sp³-hybridized carbons (Fsp3) is 0.478. The predicted molar refractivity (Wildman–Crippen MR) is 124 cm³/mol. The molecule has 0 atom stereocenters. The molecule has 4 rings (SSSR count). The molecule has 1 aromatic carbocycles. The van der Waals surface area contributed by atoms with Gasteiger partial charge in [0.2, 0.25) is 15.9 Å². The van der Waals surface area contributed by atoms with Gasteiger partial charge in [-0.2, -0.15) is 0 Å². The highest BCUT2D eigenvalue weighted by Gasteiger charge is 2.28. The largest absolute Gasteiger partial charge is 0.468 e. The Morgan fingerprint density at radius 2 is 1.71 bits per heavy atom. The van der Waals surface area contributed by atoms with E-state index >= 15 is 0 Å². The van der Waals surface area contributed by atoms with E-state index in [1.807, 2.05) is 0 Å². The smallest absolute Gasteiger partial charge is 0.254 e. The highest BCUT2D eigenvalue weighted by molar-refractivity contribution is 7.89. The van der Waals surface area contributed by atoms with Gasteiger partial charge in [0.15, 0.2) is 0 Å². The third kappa shape index (κ3) is 5.84. The molecule has 2 amide bonds. The summed E-state index contributed by atoms with van der Waals surface area (Å²) in [4.78, 5) is 31.4. The van der Waals surface area contributed by atoms with Crippen molar-refractivity contribution in [2.24, 2.45) is 0 Å². The second-order valence-electron chi connectivity index (χ2n) is 8.44. The van der Waals surface area contributed by atoms with Crippen LogP contribution in [0.5, 0.6) is 0 Å². The number of rotatable bonds is 7. The zero-order valence-electron chi connectivity index (χ0n) is 19.2. The number of aryl methyl sites for hydroxylation is 1. The van der Waals surface area contributed by atoms with Gasteiger partial charge in [0.25, 0.3) is 5.91 Å². The lowest BCUT2D eigenvalue weighted by Gasteiger charge is -2.36. The van der Waals surface area contributed by atoms with Crippen LogP contribution in [0.25, 0.3) is 0 Å². The van der Waals surface area contributed by atoms with E-state index in [2.05, 4.69) is 9.62 Å². The standard InChI is InChI=1S/C23H30N4O6S/c1-18-4-5-20(34(30,31)24-16-19-3-2-12-33-19)15-21(18)23(29)27-8-6-26(7-9-27)22(28)17-25-10-13-32-14-11-25/h2-5,12,15,24H,6-11,13-14,16-17H2,1H3. The molecule has 2 aromatic rings. The first-order chi connectivity index (χ1) is 16.3. The van der Waals surface area contributed by atoms with Crippen LogP contribution < -0.4 is 4.72 Å². The predicted octanol–water partition coefficient (Wildman–Crippen LogP) is 0.683. The first-order valence-corrected chi connectivity index (χ1v) is 12.8. The lowest BCUT2D eigenvalue weighted by atomic mass is 10.1. The zero-order chi connectivity index (χ0) is 24.1. The number of benzene rings is 1. The van der Waals surface area contributed by atoms with E-state index in [0.29, 0.717) is 62.8 Å². The van der Waals surface area contributed by atoms with Gasteiger partial charge >= 0.3 is 0 Å². The maximum atomic E-state index is 13.2. The summed E-state index contributed by atoms with van der Waals surface area (Å²) in [6, 6.07) is 7.90. The third-order valence-corrected chi connectivity index (χ3v) is 7.55. The molecule has 0 radical (unpaired) electrons. The lowest BCUT2D eigenvalue weighted by molar-refractivity contribution is -0.134. The maximum Gasteiger partial charge on any atom is 0.254 e. The highest BCUT2D eigenvalue weighted by Crippen LogP contribution is 2.19. The minimum absolute atomic E-state index is 0.0207. The SMILES string of the molecule is Cc1ccc(S(=O)(=O)NCc2ccco2)cc1C(=O)N1CCN(C(=O)CN2CCOCC2)CC1. The summed E-state index contributed by atoms with van der Waals surface area (Å²) in [6.45, 7) is 6.66. The van der Waals surface area contributed by atoms with E-state index < -0.39 is 10.0 Å². The van der Waals surface area contributed by atoms with Crippen LogP contribution in [0.3, 0.4) is 0 Å². The summed E-state index contributed by atoms with van der Waals surface area (Å²) in [6.07, 6.45) is 1.47. The molecule has 2 saturated heterocycles. The van der Waals surface area contributed by atoms with Gasteiger partial charge in [-0.15, -0.1) is 0 Å². The van der Waals surface area contributed by atoms with Gasteiger partial charge in [0, 0.05) is 44.8 Å². The molecule has 34 heavy (non-hydrogen) atoms. The van der Waals surface area contributed by atoms with Crippen molar-refractivity contribution < 1.29 is 27.2 Å². The van der Waals surface area contributed by atoms with Gasteiger partial charge in [-0.05, 0) is 36.8 Å². The number of furan rings is 1. The number of amides is 2. The molecule has 3 heterocycles. The molecular formula is C23H30N4O6S. The minimum atomic E-state index is -3.82. The Hall–Kier alpha value is -2.73. The molecule has 0 bridgehead atoms. The Bertz CT molecular complexity index is 1100. The van der Waals surface area contributed by atoms with Gasteiger partial charge in [-0.3, -0.25) is 14.5 Å². The van der Waals surface area contributed by atoms with Gasteiger partial charge in [0.05, 0.1) is 37.5 Å². The fourth-order valence-electron chi connectivity index (χ4n) is 4.04. The molecule has 2 aliphatic heterocycles. The van der Waals surface area contributed by atoms with Crippen LogP contribution >= 0.6 is 0 Å². The van der Waals surface area contributed by atoms with Crippen LogP contribution in [0.2, 0.25) is 0 Å². The van der Waals surface area contributed by atoms with Crippen LogP contribution in [0.4, 0.5) is 0 Å². The second-order valence-corrected chi connectivity index (χ2v) is 10.2. The van der Waals surface area contributed by atoms with Crippen molar-refractivity contribution >= 4 is 21.8 Å². The van der Waals surface area contributed by atoms with Crippen LogP contribution in [0, 0.1) is 6.92 Å². The average molecular weight is 491 g/mol. The zero-order valence-corrected chi connectivity index (χ0v) is 20.1. The molecule has 2 aliphatic rings. The van der Waals surface area contributed by atoms with Crippen LogP contribution in [0.15, 0.2) is 45.9 Å². The van der Waals surface area contributed by atoms with Crippen molar-refractivity contribution in [1.29, 1.82) is 0 Å². The number of piperazine rings is 1. The van der Waals surface area contributed by atoms with Gasteiger partial charge in [0.1, 0.15) is 5.76 Å². The Morgan fingerprint density at radius 3 is 2.38 bits per heavy atom. The quantitative estimate of drug-likeness (QED) is 0.608. The Kier molecular flexibility index (Phi) is 7.67. The Labute approximate surface area is 199 Å². The molecule has 11 heteroatoms. The molecule has 184 valence electrons. The number of morpholine rings is 1. The van der Waals surface area contributed by atoms with Crippen molar-refractivity contribution in [2.75, 3.05) is 59.0 Å². The molecule has 1 N–H and O–H groups in total. The van der Waals surface area contributed by atoms with Crippen molar-refractivity contribution in [1.82, 2.24) is 19.4 Å². The Balaban J connectivity index is 1.36. The van der Waals surface area contributed by atoms with Crippen molar-refractivity contribution in [3.05, 3.63) is 53.5 Å². The van der Waals surface area contributed by atoms with Crippen LogP contribution in [0.1, 0.15) is 21.7 Å². The number of hydrogen-bond donors (Lipinski definition) is 1. The third-order valence-electron chi connectivity index (χ3n) is 6.15. The molecule has 0 saturated carbocycles. The maximum absolute atomic E-state index is 13.2. The van der Waals surface area contributed by atoms with Gasteiger partial charge < -0.3 is 19.0 Å². The Morgan fingerprint density at radius 1 is 1.00 bits per heavy atom. The average Bonchev–Trinajstić information content (AvgIpc) is 3.37. The van der Waals surface area contributed by atoms with Crippen LogP contribution in [-0.2, 0) is 26.1 Å². The molecule has 2 fully saturated rings. The highest BCUT2D eigenvalue weighted by atomic mass is 32.2. The first-order valence-electron chi connectivity index (χ1n) is 11.3. The molecule has 1 aromatic heterocycles. The fourth-order valence-corrected chi connectivity index (χ4v) is 5.06.